The first-order valence-corrected chi connectivity index (χ1v) is 6.95. The molecular formula is C14H26N2O3. The van der Waals surface area contributed by atoms with Crippen LogP contribution in [-0.4, -0.2) is 36.1 Å². The van der Waals surface area contributed by atoms with Gasteiger partial charge in [-0.1, -0.05) is 13.8 Å². The van der Waals surface area contributed by atoms with Crippen molar-refractivity contribution in [2.75, 3.05) is 6.54 Å². The lowest BCUT2D eigenvalue weighted by Gasteiger charge is -2.22. The number of nitrogens with one attached hydrogen (secondary N) is 2. The van der Waals surface area contributed by atoms with Gasteiger partial charge in [-0.15, -0.1) is 0 Å². The maximum Gasteiger partial charge on any atom is 0.323 e. The summed E-state index contributed by atoms with van der Waals surface area (Å²) in [5, 5.41) is 6.10. The lowest BCUT2D eigenvalue weighted by atomic mass is 10.1. The third kappa shape index (κ3) is 5.59. The number of amides is 1. The summed E-state index contributed by atoms with van der Waals surface area (Å²) in [6.07, 6.45) is 1.64. The minimum Gasteiger partial charge on any atom is -0.459 e. The Balaban J connectivity index is 2.34. The molecule has 1 rings (SSSR count). The minimum absolute atomic E-state index is 0.0111. The number of hydrogen-bond donors (Lipinski definition) is 2. The third-order valence-electron chi connectivity index (χ3n) is 2.98. The highest BCUT2D eigenvalue weighted by Gasteiger charge is 2.32. The molecule has 0 saturated carbocycles. The van der Waals surface area contributed by atoms with Gasteiger partial charge in [0.1, 0.15) is 11.6 Å². The van der Waals surface area contributed by atoms with Gasteiger partial charge < -0.3 is 10.1 Å². The zero-order chi connectivity index (χ0) is 14.6. The SMILES string of the molecule is CC(C)C(=O)NCC1CCC(C(=O)OC(C)(C)C)N1. The first-order chi connectivity index (χ1) is 8.69. The highest BCUT2D eigenvalue weighted by molar-refractivity contribution is 5.78. The summed E-state index contributed by atoms with van der Waals surface area (Å²) in [6, 6.07) is -0.0969. The predicted molar refractivity (Wildman–Crippen MR) is 73.6 cm³/mol. The molecule has 110 valence electrons. The lowest BCUT2D eigenvalue weighted by Crippen LogP contribution is -2.44. The average molecular weight is 270 g/mol. The van der Waals surface area contributed by atoms with E-state index in [0.29, 0.717) is 6.54 Å². The molecule has 0 radical (unpaired) electrons. The van der Waals surface area contributed by atoms with Crippen LogP contribution < -0.4 is 10.6 Å². The molecule has 2 N–H and O–H groups in total. The van der Waals surface area contributed by atoms with Crippen LogP contribution in [0.15, 0.2) is 0 Å². The highest BCUT2D eigenvalue weighted by Crippen LogP contribution is 2.16. The molecule has 0 spiro atoms. The van der Waals surface area contributed by atoms with E-state index in [0.717, 1.165) is 12.8 Å². The van der Waals surface area contributed by atoms with Crippen LogP contribution in [0.4, 0.5) is 0 Å². The van der Waals surface area contributed by atoms with Gasteiger partial charge in [-0.2, -0.15) is 0 Å². The maximum atomic E-state index is 11.9. The molecular weight excluding hydrogens is 244 g/mol. The Bertz CT molecular complexity index is 334. The molecule has 0 aromatic rings. The van der Waals surface area contributed by atoms with Gasteiger partial charge in [-0.05, 0) is 33.6 Å². The Morgan fingerprint density at radius 2 is 1.95 bits per heavy atom. The number of carbonyl (C=O) groups is 2. The Morgan fingerprint density at radius 1 is 1.32 bits per heavy atom. The highest BCUT2D eigenvalue weighted by atomic mass is 16.6. The zero-order valence-corrected chi connectivity index (χ0v) is 12.6. The zero-order valence-electron chi connectivity index (χ0n) is 12.6. The molecule has 0 aromatic carbocycles. The summed E-state index contributed by atoms with van der Waals surface area (Å²) < 4.78 is 5.35. The van der Waals surface area contributed by atoms with Crippen LogP contribution in [0.3, 0.4) is 0 Å². The fourth-order valence-electron chi connectivity index (χ4n) is 1.97. The van der Waals surface area contributed by atoms with Crippen molar-refractivity contribution in [1.82, 2.24) is 10.6 Å². The molecule has 0 bridgehead atoms. The van der Waals surface area contributed by atoms with E-state index in [1.165, 1.54) is 0 Å². The molecule has 1 amide bonds. The first kappa shape index (κ1) is 16.0. The minimum atomic E-state index is -0.456. The van der Waals surface area contributed by atoms with Crippen molar-refractivity contribution in [2.45, 2.75) is 65.1 Å². The van der Waals surface area contributed by atoms with Gasteiger partial charge in [-0.3, -0.25) is 14.9 Å². The lowest BCUT2D eigenvalue weighted by molar-refractivity contribution is -0.157. The van der Waals surface area contributed by atoms with Crippen LogP contribution in [-0.2, 0) is 14.3 Å². The Morgan fingerprint density at radius 3 is 2.47 bits per heavy atom. The topological polar surface area (TPSA) is 67.4 Å². The number of carbonyl (C=O) groups excluding carboxylic acids is 2. The Labute approximate surface area is 115 Å². The second-order valence-corrected chi connectivity index (χ2v) is 6.43. The molecule has 5 heteroatoms. The fraction of sp³-hybridized carbons (Fsp3) is 0.857. The van der Waals surface area contributed by atoms with Crippen LogP contribution in [0.1, 0.15) is 47.5 Å². The van der Waals surface area contributed by atoms with E-state index < -0.39 is 5.60 Å². The smallest absolute Gasteiger partial charge is 0.323 e. The quantitative estimate of drug-likeness (QED) is 0.754. The van der Waals surface area contributed by atoms with E-state index in [9.17, 15) is 9.59 Å². The van der Waals surface area contributed by atoms with Crippen LogP contribution in [0.25, 0.3) is 0 Å². The molecule has 0 aliphatic carbocycles. The molecule has 19 heavy (non-hydrogen) atoms. The first-order valence-electron chi connectivity index (χ1n) is 6.95. The summed E-state index contributed by atoms with van der Waals surface area (Å²) in [4.78, 5) is 23.4. The summed E-state index contributed by atoms with van der Waals surface area (Å²) in [6.45, 7) is 9.87. The molecule has 5 nitrogen and oxygen atoms in total. The molecule has 1 saturated heterocycles. The Hall–Kier alpha value is -1.10. The summed E-state index contributed by atoms with van der Waals surface area (Å²) in [7, 11) is 0. The molecule has 0 aromatic heterocycles. The number of esters is 1. The van der Waals surface area contributed by atoms with Gasteiger partial charge in [0, 0.05) is 18.5 Å². The number of ether oxygens (including phenoxy) is 1. The standard InChI is InChI=1S/C14H26N2O3/c1-9(2)12(17)15-8-10-6-7-11(16-10)13(18)19-14(3,4)5/h9-11,16H,6-8H2,1-5H3,(H,15,17). The van der Waals surface area contributed by atoms with E-state index in [4.69, 9.17) is 4.74 Å². The summed E-state index contributed by atoms with van der Waals surface area (Å²) in [5.41, 5.74) is -0.456. The van der Waals surface area contributed by atoms with Crippen molar-refractivity contribution in [3.8, 4) is 0 Å². The summed E-state index contributed by atoms with van der Waals surface area (Å²) in [5.74, 6) is -0.171. The van der Waals surface area contributed by atoms with Gasteiger partial charge in [0.25, 0.3) is 0 Å². The van der Waals surface area contributed by atoms with E-state index in [2.05, 4.69) is 10.6 Å². The van der Waals surface area contributed by atoms with E-state index in [1.807, 2.05) is 34.6 Å². The maximum absolute atomic E-state index is 11.9. The van der Waals surface area contributed by atoms with Crippen LogP contribution in [0, 0.1) is 5.92 Å². The van der Waals surface area contributed by atoms with Crippen molar-refractivity contribution in [3.63, 3.8) is 0 Å². The second-order valence-electron chi connectivity index (χ2n) is 6.43. The van der Waals surface area contributed by atoms with E-state index in [-0.39, 0.29) is 29.9 Å². The predicted octanol–water partition coefficient (Wildman–Crippen LogP) is 1.22. The van der Waals surface area contributed by atoms with E-state index in [1.54, 1.807) is 0 Å². The van der Waals surface area contributed by atoms with E-state index >= 15 is 0 Å². The molecule has 1 aliphatic rings. The van der Waals surface area contributed by atoms with Gasteiger partial charge >= 0.3 is 5.97 Å². The van der Waals surface area contributed by atoms with Crippen molar-refractivity contribution in [3.05, 3.63) is 0 Å². The monoisotopic (exact) mass is 270 g/mol. The fourth-order valence-corrected chi connectivity index (χ4v) is 1.97. The van der Waals surface area contributed by atoms with Gasteiger partial charge in [0.05, 0.1) is 0 Å². The van der Waals surface area contributed by atoms with Crippen LogP contribution in [0.2, 0.25) is 0 Å². The molecule has 1 heterocycles. The number of hydrogen-bond acceptors (Lipinski definition) is 4. The van der Waals surface area contributed by atoms with Gasteiger partial charge in [0.2, 0.25) is 5.91 Å². The molecule has 2 unspecified atom stereocenters. The van der Waals surface area contributed by atoms with Crippen LogP contribution >= 0.6 is 0 Å². The van der Waals surface area contributed by atoms with Gasteiger partial charge in [0.15, 0.2) is 0 Å². The largest absolute Gasteiger partial charge is 0.459 e. The molecule has 2 atom stereocenters. The number of rotatable bonds is 4. The summed E-state index contributed by atoms with van der Waals surface area (Å²) >= 11 is 0. The van der Waals surface area contributed by atoms with Crippen molar-refractivity contribution >= 4 is 11.9 Å². The van der Waals surface area contributed by atoms with Crippen molar-refractivity contribution in [1.29, 1.82) is 0 Å². The van der Waals surface area contributed by atoms with Crippen molar-refractivity contribution < 1.29 is 14.3 Å². The molecule has 1 aliphatic heterocycles. The van der Waals surface area contributed by atoms with Crippen molar-refractivity contribution in [2.24, 2.45) is 5.92 Å². The van der Waals surface area contributed by atoms with Gasteiger partial charge in [-0.25, -0.2) is 0 Å². The third-order valence-corrected chi connectivity index (χ3v) is 2.98. The normalized spacial score (nSPS) is 23.5. The van der Waals surface area contributed by atoms with Crippen LogP contribution in [0.5, 0.6) is 0 Å². The average Bonchev–Trinajstić information content (AvgIpc) is 2.71. The Kier molecular flexibility index (Phi) is 5.35. The molecule has 1 fully saturated rings. The second kappa shape index (κ2) is 6.37.